The zero-order chi connectivity index (χ0) is 15.9. The summed E-state index contributed by atoms with van der Waals surface area (Å²) in [6.07, 6.45) is 2.96. The summed E-state index contributed by atoms with van der Waals surface area (Å²) < 4.78 is 26.2. The van der Waals surface area contributed by atoms with E-state index in [4.69, 9.17) is 0 Å². The van der Waals surface area contributed by atoms with Crippen LogP contribution in [0.3, 0.4) is 0 Å². The molecule has 0 atom stereocenters. The van der Waals surface area contributed by atoms with Gasteiger partial charge in [0.15, 0.2) is 4.73 Å². The second kappa shape index (κ2) is 5.60. The van der Waals surface area contributed by atoms with Crippen LogP contribution in [0.25, 0.3) is 21.3 Å². The third kappa shape index (κ3) is 2.86. The van der Waals surface area contributed by atoms with E-state index in [0.717, 1.165) is 21.3 Å². The number of anilines is 1. The van der Waals surface area contributed by atoms with Crippen molar-refractivity contribution in [2.24, 2.45) is 0 Å². The molecule has 0 aliphatic carbocycles. The highest BCUT2D eigenvalue weighted by molar-refractivity contribution is 9.10. The Hall–Kier alpha value is -1.51. The quantitative estimate of drug-likeness (QED) is 0.634. The lowest BCUT2D eigenvalue weighted by Gasteiger charge is -2.17. The van der Waals surface area contributed by atoms with Crippen LogP contribution in [-0.2, 0) is 10.0 Å². The van der Waals surface area contributed by atoms with E-state index in [1.165, 1.54) is 10.6 Å². The highest BCUT2D eigenvalue weighted by atomic mass is 79.9. The number of nitrogens with zero attached hydrogens (tertiary/aromatic N) is 3. The van der Waals surface area contributed by atoms with Crippen molar-refractivity contribution in [3.8, 4) is 11.1 Å². The van der Waals surface area contributed by atoms with Crippen molar-refractivity contribution in [3.63, 3.8) is 0 Å². The number of hydrogen-bond acceptors (Lipinski definition) is 5. The van der Waals surface area contributed by atoms with Gasteiger partial charge in [0.1, 0.15) is 0 Å². The summed E-state index contributed by atoms with van der Waals surface area (Å²) in [6, 6.07) is 7.39. The van der Waals surface area contributed by atoms with Crippen molar-refractivity contribution >= 4 is 53.2 Å². The molecule has 0 N–H and O–H groups in total. The molecule has 0 unspecified atom stereocenters. The number of benzene rings is 1. The average Bonchev–Trinajstić information content (AvgIpc) is 2.88. The fourth-order valence-electron chi connectivity index (χ4n) is 2.07. The van der Waals surface area contributed by atoms with Crippen LogP contribution in [0.4, 0.5) is 5.69 Å². The summed E-state index contributed by atoms with van der Waals surface area (Å²) >= 11 is 4.84. The molecule has 114 valence electrons. The van der Waals surface area contributed by atoms with Crippen molar-refractivity contribution in [2.45, 2.75) is 0 Å². The first-order valence-electron chi connectivity index (χ1n) is 6.30. The van der Waals surface area contributed by atoms with E-state index in [9.17, 15) is 8.42 Å². The Labute approximate surface area is 140 Å². The summed E-state index contributed by atoms with van der Waals surface area (Å²) in [5.74, 6) is 0. The normalized spacial score (nSPS) is 11.8. The predicted octanol–water partition coefficient (Wildman–Crippen LogP) is 3.52. The molecule has 0 radical (unpaired) electrons. The topological polar surface area (TPSA) is 63.2 Å². The van der Waals surface area contributed by atoms with Gasteiger partial charge in [-0.15, -0.1) is 11.3 Å². The summed E-state index contributed by atoms with van der Waals surface area (Å²) in [4.78, 5) is 8.54. The van der Waals surface area contributed by atoms with Gasteiger partial charge in [0, 0.05) is 24.2 Å². The van der Waals surface area contributed by atoms with E-state index in [-0.39, 0.29) is 0 Å². The van der Waals surface area contributed by atoms with Gasteiger partial charge in [0.25, 0.3) is 0 Å². The fraction of sp³-hybridized carbons (Fsp3) is 0.143. The van der Waals surface area contributed by atoms with Crippen molar-refractivity contribution in [2.75, 3.05) is 17.6 Å². The van der Waals surface area contributed by atoms with Gasteiger partial charge in [-0.25, -0.2) is 18.4 Å². The summed E-state index contributed by atoms with van der Waals surface area (Å²) in [5, 5.41) is 2.01. The van der Waals surface area contributed by atoms with Gasteiger partial charge in [-0.05, 0) is 33.6 Å². The SMILES string of the molecule is CN(c1cccc(-c2csc3cnc(Br)nc23)c1)S(C)(=O)=O. The van der Waals surface area contributed by atoms with Gasteiger partial charge in [0.05, 0.1) is 22.2 Å². The molecule has 1 aromatic carbocycles. The molecule has 3 rings (SSSR count). The minimum absolute atomic E-state index is 0.532. The van der Waals surface area contributed by atoms with Crippen LogP contribution >= 0.6 is 27.3 Å². The molecule has 3 aromatic rings. The van der Waals surface area contributed by atoms with E-state index in [2.05, 4.69) is 25.9 Å². The Morgan fingerprint density at radius 2 is 2.09 bits per heavy atom. The van der Waals surface area contributed by atoms with Crippen molar-refractivity contribution in [3.05, 3.63) is 40.6 Å². The van der Waals surface area contributed by atoms with E-state index in [0.29, 0.717) is 10.4 Å². The highest BCUT2D eigenvalue weighted by Gasteiger charge is 2.14. The Kier molecular flexibility index (Phi) is 3.92. The molecule has 0 saturated heterocycles. The molecule has 8 heteroatoms. The lowest BCUT2D eigenvalue weighted by atomic mass is 10.1. The maximum absolute atomic E-state index is 11.7. The van der Waals surface area contributed by atoms with E-state index < -0.39 is 10.0 Å². The van der Waals surface area contributed by atoms with Crippen LogP contribution in [0.1, 0.15) is 0 Å². The van der Waals surface area contributed by atoms with E-state index >= 15 is 0 Å². The molecule has 0 bridgehead atoms. The molecule has 0 spiro atoms. The van der Waals surface area contributed by atoms with Crippen LogP contribution in [-0.4, -0.2) is 31.7 Å². The number of halogens is 1. The molecule has 0 aliphatic heterocycles. The maximum Gasteiger partial charge on any atom is 0.231 e. The highest BCUT2D eigenvalue weighted by Crippen LogP contribution is 2.34. The van der Waals surface area contributed by atoms with Crippen molar-refractivity contribution in [1.82, 2.24) is 9.97 Å². The molecular formula is C14H12BrN3O2S2. The van der Waals surface area contributed by atoms with Gasteiger partial charge in [-0.1, -0.05) is 12.1 Å². The first kappa shape index (κ1) is 15.4. The maximum atomic E-state index is 11.7. The first-order chi connectivity index (χ1) is 10.4. The van der Waals surface area contributed by atoms with Crippen LogP contribution in [0.5, 0.6) is 0 Å². The number of fused-ring (bicyclic) bond motifs is 1. The third-order valence-electron chi connectivity index (χ3n) is 3.30. The number of aromatic nitrogens is 2. The monoisotopic (exact) mass is 397 g/mol. The van der Waals surface area contributed by atoms with Gasteiger partial charge < -0.3 is 0 Å². The van der Waals surface area contributed by atoms with Crippen LogP contribution < -0.4 is 4.31 Å². The summed E-state index contributed by atoms with van der Waals surface area (Å²) in [6.45, 7) is 0. The Morgan fingerprint density at radius 1 is 1.32 bits per heavy atom. The number of hydrogen-bond donors (Lipinski definition) is 0. The van der Waals surface area contributed by atoms with Crippen LogP contribution in [0.15, 0.2) is 40.6 Å². The van der Waals surface area contributed by atoms with Gasteiger partial charge in [-0.2, -0.15) is 0 Å². The van der Waals surface area contributed by atoms with Gasteiger partial charge in [-0.3, -0.25) is 4.31 Å². The third-order valence-corrected chi connectivity index (χ3v) is 5.80. The fourth-order valence-corrected chi connectivity index (χ4v) is 3.72. The minimum Gasteiger partial charge on any atom is -0.274 e. The standard InChI is InChI=1S/C14H12BrN3O2S2/c1-18(22(2,19)20)10-5-3-4-9(6-10)11-8-21-12-7-16-14(15)17-13(11)12/h3-8H,1-2H3. The van der Waals surface area contributed by atoms with Crippen LogP contribution in [0, 0.1) is 0 Å². The number of sulfonamides is 1. The minimum atomic E-state index is -3.29. The molecule has 5 nitrogen and oxygen atoms in total. The predicted molar refractivity (Wildman–Crippen MR) is 93.8 cm³/mol. The molecule has 0 amide bonds. The zero-order valence-corrected chi connectivity index (χ0v) is 15.0. The Morgan fingerprint density at radius 3 is 2.82 bits per heavy atom. The summed E-state index contributed by atoms with van der Waals surface area (Å²) in [7, 11) is -1.75. The number of thiophene rings is 1. The average molecular weight is 398 g/mol. The largest absolute Gasteiger partial charge is 0.274 e. The lowest BCUT2D eigenvalue weighted by Crippen LogP contribution is -2.24. The Bertz CT molecular complexity index is 954. The Balaban J connectivity index is 2.14. The molecule has 0 saturated carbocycles. The van der Waals surface area contributed by atoms with Gasteiger partial charge >= 0.3 is 0 Å². The second-order valence-electron chi connectivity index (χ2n) is 4.78. The lowest BCUT2D eigenvalue weighted by molar-refractivity contribution is 0.600. The second-order valence-corrected chi connectivity index (χ2v) is 8.42. The zero-order valence-electron chi connectivity index (χ0n) is 11.8. The first-order valence-corrected chi connectivity index (χ1v) is 9.82. The van der Waals surface area contributed by atoms with Crippen molar-refractivity contribution < 1.29 is 8.42 Å². The van der Waals surface area contributed by atoms with Crippen molar-refractivity contribution in [1.29, 1.82) is 0 Å². The molecule has 2 aromatic heterocycles. The van der Waals surface area contributed by atoms with Crippen LogP contribution in [0.2, 0.25) is 0 Å². The molecule has 0 fully saturated rings. The number of rotatable bonds is 3. The van der Waals surface area contributed by atoms with E-state index in [1.807, 2.05) is 23.6 Å². The molecule has 0 aliphatic rings. The summed E-state index contributed by atoms with van der Waals surface area (Å²) in [5.41, 5.74) is 3.36. The van der Waals surface area contributed by atoms with Gasteiger partial charge in [0.2, 0.25) is 10.0 Å². The molecule has 2 heterocycles. The smallest absolute Gasteiger partial charge is 0.231 e. The molecular weight excluding hydrogens is 386 g/mol. The molecule has 22 heavy (non-hydrogen) atoms. The van der Waals surface area contributed by atoms with E-state index in [1.54, 1.807) is 30.6 Å².